The van der Waals surface area contributed by atoms with Gasteiger partial charge in [-0.15, -0.1) is 0 Å². The summed E-state index contributed by atoms with van der Waals surface area (Å²) in [6, 6.07) is 23.5. The van der Waals surface area contributed by atoms with Crippen LogP contribution in [-0.4, -0.2) is 19.6 Å². The first-order valence-electron chi connectivity index (χ1n) is 10.5. The molecule has 1 aliphatic rings. The Morgan fingerprint density at radius 2 is 1.64 bits per heavy atom. The lowest BCUT2D eigenvalue weighted by molar-refractivity contribution is -0.118. The quantitative estimate of drug-likeness (QED) is 0.365. The minimum absolute atomic E-state index is 0.157. The van der Waals surface area contributed by atoms with Gasteiger partial charge in [0.2, 0.25) is 0 Å². The summed E-state index contributed by atoms with van der Waals surface area (Å²) in [5.74, 6) is 0.251. The molecule has 5 rings (SSSR count). The van der Waals surface area contributed by atoms with E-state index >= 15 is 0 Å². The molecule has 7 heteroatoms. The van der Waals surface area contributed by atoms with E-state index in [0.29, 0.717) is 17.2 Å². The van der Waals surface area contributed by atoms with Gasteiger partial charge in [0.25, 0.3) is 5.91 Å². The Morgan fingerprint density at radius 1 is 0.939 bits per heavy atom. The molecule has 0 unspecified atom stereocenters. The number of rotatable bonds is 6. The predicted octanol–water partition coefficient (Wildman–Crippen LogP) is 5.54. The summed E-state index contributed by atoms with van der Waals surface area (Å²) in [5, 5.41) is 12.1. The topological polar surface area (TPSA) is 71.6 Å². The van der Waals surface area contributed by atoms with Crippen LogP contribution in [0.2, 0.25) is 0 Å². The minimum atomic E-state index is -0.365. The van der Waals surface area contributed by atoms with E-state index in [-0.39, 0.29) is 24.5 Å². The average molecular weight is 443 g/mol. The maximum Gasteiger partial charge on any atom is 0.262 e. The van der Waals surface area contributed by atoms with Crippen LogP contribution in [0.5, 0.6) is 11.5 Å². The molecule has 0 saturated heterocycles. The number of carbonyl (C=O) groups excluding carboxylic acids is 1. The first-order valence-corrected chi connectivity index (χ1v) is 10.5. The van der Waals surface area contributed by atoms with Crippen LogP contribution in [0, 0.1) is 5.82 Å². The fourth-order valence-electron chi connectivity index (χ4n) is 3.95. The van der Waals surface area contributed by atoms with Crippen molar-refractivity contribution in [1.29, 1.82) is 0 Å². The number of anilines is 3. The van der Waals surface area contributed by atoms with Crippen molar-refractivity contribution in [2.24, 2.45) is 0 Å². The number of carbonyl (C=O) groups is 1. The number of amides is 1. The second-order valence-corrected chi connectivity index (χ2v) is 7.68. The van der Waals surface area contributed by atoms with Gasteiger partial charge in [-0.3, -0.25) is 4.79 Å². The molecule has 33 heavy (non-hydrogen) atoms. The first kappa shape index (κ1) is 20.6. The van der Waals surface area contributed by atoms with Crippen LogP contribution in [0.15, 0.2) is 78.9 Å². The first-order chi connectivity index (χ1) is 16.1. The van der Waals surface area contributed by atoms with Gasteiger partial charge < -0.3 is 25.4 Å². The Kier molecular flexibility index (Phi) is 5.44. The number of benzene rings is 4. The molecule has 0 saturated carbocycles. The number of nitrogens with one attached hydrogen (secondary N) is 3. The van der Waals surface area contributed by atoms with Crippen molar-refractivity contribution in [2.75, 3.05) is 29.7 Å². The summed E-state index contributed by atoms with van der Waals surface area (Å²) in [6.45, 7) is -0.206. The van der Waals surface area contributed by atoms with Crippen LogP contribution in [-0.2, 0) is 4.79 Å². The van der Waals surface area contributed by atoms with Crippen molar-refractivity contribution in [3.63, 3.8) is 0 Å². The fourth-order valence-corrected chi connectivity index (χ4v) is 3.95. The average Bonchev–Trinajstić information content (AvgIpc) is 2.84. The highest BCUT2D eigenvalue weighted by Gasteiger charge is 2.21. The van der Waals surface area contributed by atoms with Crippen molar-refractivity contribution >= 4 is 33.7 Å². The highest BCUT2D eigenvalue weighted by molar-refractivity contribution is 6.04. The Morgan fingerprint density at radius 3 is 2.30 bits per heavy atom. The van der Waals surface area contributed by atoms with Crippen LogP contribution in [0.3, 0.4) is 0 Å². The molecule has 1 amide bonds. The molecule has 1 aliphatic heterocycles. The van der Waals surface area contributed by atoms with Gasteiger partial charge in [0, 0.05) is 22.4 Å². The molecule has 4 aromatic carbocycles. The normalized spacial score (nSPS) is 12.5. The summed E-state index contributed by atoms with van der Waals surface area (Å²) in [7, 11) is 1.56. The largest absolute Gasteiger partial charge is 0.493 e. The van der Waals surface area contributed by atoms with Gasteiger partial charge in [-0.05, 0) is 59.5 Å². The molecular weight excluding hydrogens is 421 g/mol. The zero-order valence-corrected chi connectivity index (χ0v) is 17.9. The van der Waals surface area contributed by atoms with E-state index in [1.165, 1.54) is 29.7 Å². The van der Waals surface area contributed by atoms with Crippen LogP contribution in [0.25, 0.3) is 10.8 Å². The maximum absolute atomic E-state index is 13.0. The van der Waals surface area contributed by atoms with Crippen molar-refractivity contribution in [3.05, 3.63) is 90.2 Å². The summed E-state index contributed by atoms with van der Waals surface area (Å²) in [5.41, 5.74) is 3.57. The molecular formula is C26H22FN3O3. The number of methoxy groups -OCH3 is 1. The number of hydrogen-bond acceptors (Lipinski definition) is 5. The predicted molar refractivity (Wildman–Crippen MR) is 127 cm³/mol. The van der Waals surface area contributed by atoms with Crippen LogP contribution in [0.4, 0.5) is 21.5 Å². The third-order valence-corrected chi connectivity index (χ3v) is 5.51. The van der Waals surface area contributed by atoms with E-state index in [0.717, 1.165) is 22.3 Å². The van der Waals surface area contributed by atoms with E-state index < -0.39 is 0 Å². The molecule has 3 N–H and O–H groups in total. The standard InChI is InChI=1S/C26H22FN3O3/c1-32-23-14-17(26-29-20-6-2-4-16-5-3-7-21(30-26)25(16)20)8-13-22(23)33-15-24(31)28-19-11-9-18(27)10-12-19/h2-14,26,29-30H,15H2,1H3,(H,28,31). The highest BCUT2D eigenvalue weighted by atomic mass is 19.1. The summed E-state index contributed by atoms with van der Waals surface area (Å²) in [4.78, 5) is 12.2. The van der Waals surface area contributed by atoms with Crippen molar-refractivity contribution < 1.29 is 18.7 Å². The zero-order valence-electron chi connectivity index (χ0n) is 17.9. The fraction of sp³-hybridized carbons (Fsp3) is 0.115. The van der Waals surface area contributed by atoms with E-state index in [9.17, 15) is 9.18 Å². The smallest absolute Gasteiger partial charge is 0.262 e. The van der Waals surface area contributed by atoms with Crippen molar-refractivity contribution in [2.45, 2.75) is 6.17 Å². The third-order valence-electron chi connectivity index (χ3n) is 5.51. The van der Waals surface area contributed by atoms with Crippen molar-refractivity contribution in [1.82, 2.24) is 0 Å². The van der Waals surface area contributed by atoms with Crippen molar-refractivity contribution in [3.8, 4) is 11.5 Å². The Labute approximate surface area is 190 Å². The Hall–Kier alpha value is -4.26. The van der Waals surface area contributed by atoms with E-state index in [4.69, 9.17) is 9.47 Å². The summed E-state index contributed by atoms with van der Waals surface area (Å²) >= 11 is 0. The molecule has 0 aliphatic carbocycles. The van der Waals surface area contributed by atoms with Gasteiger partial charge in [0.05, 0.1) is 7.11 Å². The highest BCUT2D eigenvalue weighted by Crippen LogP contribution is 2.39. The van der Waals surface area contributed by atoms with Gasteiger partial charge in [0.15, 0.2) is 18.1 Å². The molecule has 0 bridgehead atoms. The molecule has 0 aromatic heterocycles. The lowest BCUT2D eigenvalue weighted by atomic mass is 10.0. The molecule has 0 fully saturated rings. The van der Waals surface area contributed by atoms with Gasteiger partial charge >= 0.3 is 0 Å². The number of hydrogen-bond donors (Lipinski definition) is 3. The van der Waals surface area contributed by atoms with E-state index in [1.807, 2.05) is 24.3 Å². The lowest BCUT2D eigenvalue weighted by Gasteiger charge is -2.30. The van der Waals surface area contributed by atoms with E-state index in [1.54, 1.807) is 13.2 Å². The summed E-state index contributed by atoms with van der Waals surface area (Å²) < 4.78 is 24.2. The SMILES string of the molecule is COc1cc(C2Nc3cccc4cccc(c34)N2)ccc1OCC(=O)Nc1ccc(F)cc1. The molecule has 0 atom stereocenters. The minimum Gasteiger partial charge on any atom is -0.493 e. The summed E-state index contributed by atoms with van der Waals surface area (Å²) in [6.07, 6.45) is -0.157. The molecule has 166 valence electrons. The van der Waals surface area contributed by atoms with Crippen LogP contribution in [0.1, 0.15) is 11.7 Å². The Bertz CT molecular complexity index is 1280. The number of ether oxygens (including phenoxy) is 2. The van der Waals surface area contributed by atoms with Crippen LogP contribution >= 0.6 is 0 Å². The zero-order chi connectivity index (χ0) is 22.8. The molecule has 0 spiro atoms. The molecule has 6 nitrogen and oxygen atoms in total. The van der Waals surface area contributed by atoms with Gasteiger partial charge in [-0.25, -0.2) is 4.39 Å². The van der Waals surface area contributed by atoms with Crippen LogP contribution < -0.4 is 25.4 Å². The van der Waals surface area contributed by atoms with E-state index in [2.05, 4.69) is 40.2 Å². The third kappa shape index (κ3) is 4.25. The molecule has 1 heterocycles. The second-order valence-electron chi connectivity index (χ2n) is 7.68. The maximum atomic E-state index is 13.0. The lowest BCUT2D eigenvalue weighted by Crippen LogP contribution is -2.24. The van der Waals surface area contributed by atoms with Gasteiger partial charge in [0.1, 0.15) is 12.0 Å². The number of halogens is 1. The molecule has 4 aromatic rings. The van der Waals surface area contributed by atoms with Gasteiger partial charge in [-0.1, -0.05) is 30.3 Å². The molecule has 0 radical (unpaired) electrons. The monoisotopic (exact) mass is 443 g/mol. The van der Waals surface area contributed by atoms with Gasteiger partial charge in [-0.2, -0.15) is 0 Å². The second kappa shape index (κ2) is 8.70. The Balaban J connectivity index is 1.29.